The van der Waals surface area contributed by atoms with Gasteiger partial charge in [-0.1, -0.05) is 6.07 Å². The average Bonchev–Trinajstić information content (AvgIpc) is 3.07. The molecule has 2 amide bonds. The van der Waals surface area contributed by atoms with Crippen molar-refractivity contribution in [3.8, 4) is 0 Å². The quantitative estimate of drug-likeness (QED) is 0.878. The molecule has 0 fully saturated rings. The van der Waals surface area contributed by atoms with Crippen LogP contribution in [0.3, 0.4) is 0 Å². The number of rotatable bonds is 2. The molecule has 0 unspecified atom stereocenters. The highest BCUT2D eigenvalue weighted by Gasteiger charge is 2.25. The zero-order chi connectivity index (χ0) is 18.0. The number of aromatic amines is 1. The molecule has 7 heteroatoms. The number of hydrogen-bond donors (Lipinski definition) is 2. The van der Waals surface area contributed by atoms with Crippen molar-refractivity contribution in [3.05, 3.63) is 47.3 Å². The highest BCUT2D eigenvalue weighted by Crippen LogP contribution is 2.24. The van der Waals surface area contributed by atoms with E-state index in [1.165, 1.54) is 6.20 Å². The smallest absolute Gasteiger partial charge is 0.410 e. The van der Waals surface area contributed by atoms with Crippen molar-refractivity contribution in [2.45, 2.75) is 39.3 Å². The van der Waals surface area contributed by atoms with Crippen LogP contribution in [-0.2, 0) is 17.7 Å². The van der Waals surface area contributed by atoms with Crippen molar-refractivity contribution in [2.24, 2.45) is 0 Å². The average molecular weight is 342 g/mol. The van der Waals surface area contributed by atoms with Crippen LogP contribution in [0.4, 0.5) is 10.5 Å². The Hall–Kier alpha value is -2.83. The lowest BCUT2D eigenvalue weighted by molar-refractivity contribution is 0.0224. The van der Waals surface area contributed by atoms with Gasteiger partial charge >= 0.3 is 6.09 Å². The number of benzene rings is 1. The van der Waals surface area contributed by atoms with Gasteiger partial charge < -0.3 is 15.0 Å². The molecule has 2 heterocycles. The third-order valence-corrected chi connectivity index (χ3v) is 3.89. The van der Waals surface area contributed by atoms with Crippen LogP contribution in [0.1, 0.15) is 42.3 Å². The van der Waals surface area contributed by atoms with E-state index in [1.807, 2.05) is 39.0 Å². The molecule has 25 heavy (non-hydrogen) atoms. The zero-order valence-electron chi connectivity index (χ0n) is 14.6. The second kappa shape index (κ2) is 6.58. The van der Waals surface area contributed by atoms with Gasteiger partial charge in [0.15, 0.2) is 0 Å². The molecule has 2 N–H and O–H groups in total. The molecule has 1 aliphatic rings. The molecule has 2 aromatic rings. The molecule has 0 aliphatic carbocycles. The van der Waals surface area contributed by atoms with Crippen molar-refractivity contribution in [2.75, 3.05) is 11.9 Å². The number of fused-ring (bicyclic) bond motifs is 1. The number of carbonyl (C=O) groups is 2. The van der Waals surface area contributed by atoms with Crippen LogP contribution in [0, 0.1) is 0 Å². The molecule has 0 saturated carbocycles. The predicted molar refractivity (Wildman–Crippen MR) is 93.3 cm³/mol. The first kappa shape index (κ1) is 17.0. The number of aromatic nitrogens is 2. The molecule has 7 nitrogen and oxygen atoms in total. The maximum absolute atomic E-state index is 12.2. The summed E-state index contributed by atoms with van der Waals surface area (Å²) >= 11 is 0. The maximum Gasteiger partial charge on any atom is 0.410 e. The molecule has 0 atom stereocenters. The topological polar surface area (TPSA) is 87.3 Å². The summed E-state index contributed by atoms with van der Waals surface area (Å²) < 4.78 is 5.43. The number of nitrogens with zero attached hydrogens (tertiary/aromatic N) is 2. The minimum absolute atomic E-state index is 0.208. The third-order valence-electron chi connectivity index (χ3n) is 3.89. The van der Waals surface area contributed by atoms with E-state index in [0.717, 1.165) is 23.2 Å². The van der Waals surface area contributed by atoms with E-state index in [-0.39, 0.29) is 12.0 Å². The molecule has 0 radical (unpaired) electrons. The molecule has 1 aromatic heterocycles. The van der Waals surface area contributed by atoms with Crippen LogP contribution < -0.4 is 5.32 Å². The predicted octanol–water partition coefficient (Wildman–Crippen LogP) is 2.96. The SMILES string of the molecule is CC(C)(C)OC(=O)N1CCc2cc(NC(=O)c3cn[nH]c3)ccc2C1. The van der Waals surface area contributed by atoms with Crippen molar-refractivity contribution in [1.29, 1.82) is 0 Å². The minimum Gasteiger partial charge on any atom is -0.444 e. The Morgan fingerprint density at radius 1 is 1.28 bits per heavy atom. The summed E-state index contributed by atoms with van der Waals surface area (Å²) in [5.41, 5.74) is 2.91. The monoisotopic (exact) mass is 342 g/mol. The molecule has 0 bridgehead atoms. The molecule has 132 valence electrons. The summed E-state index contributed by atoms with van der Waals surface area (Å²) in [5, 5.41) is 9.24. The number of carbonyl (C=O) groups excluding carboxylic acids is 2. The van der Waals surface area contributed by atoms with Crippen LogP contribution in [0.25, 0.3) is 0 Å². The number of nitrogens with one attached hydrogen (secondary N) is 2. The van der Waals surface area contributed by atoms with E-state index >= 15 is 0 Å². The summed E-state index contributed by atoms with van der Waals surface area (Å²) in [5.74, 6) is -0.208. The summed E-state index contributed by atoms with van der Waals surface area (Å²) in [6, 6.07) is 5.74. The second-order valence-electron chi connectivity index (χ2n) is 7.08. The normalized spacial score (nSPS) is 14.0. The molecule has 0 spiro atoms. The Labute approximate surface area is 146 Å². The molecular weight excluding hydrogens is 320 g/mol. The lowest BCUT2D eigenvalue weighted by Crippen LogP contribution is -2.39. The van der Waals surface area contributed by atoms with Crippen molar-refractivity contribution >= 4 is 17.7 Å². The number of anilines is 1. The van der Waals surface area contributed by atoms with E-state index in [0.29, 0.717) is 18.7 Å². The van der Waals surface area contributed by atoms with Gasteiger partial charge in [-0.25, -0.2) is 4.79 Å². The van der Waals surface area contributed by atoms with E-state index in [1.54, 1.807) is 11.1 Å². The van der Waals surface area contributed by atoms with Crippen LogP contribution in [-0.4, -0.2) is 39.2 Å². The van der Waals surface area contributed by atoms with E-state index in [2.05, 4.69) is 15.5 Å². The van der Waals surface area contributed by atoms with E-state index < -0.39 is 5.60 Å². The van der Waals surface area contributed by atoms with Crippen molar-refractivity contribution in [3.63, 3.8) is 0 Å². The summed E-state index contributed by atoms with van der Waals surface area (Å²) in [6.07, 6.45) is 3.46. The van der Waals surface area contributed by atoms with E-state index in [4.69, 9.17) is 4.74 Å². The van der Waals surface area contributed by atoms with E-state index in [9.17, 15) is 9.59 Å². The lowest BCUT2D eigenvalue weighted by atomic mass is 9.99. The van der Waals surface area contributed by atoms with Gasteiger partial charge in [-0.15, -0.1) is 0 Å². The van der Waals surface area contributed by atoms with Gasteiger partial charge in [0.1, 0.15) is 5.60 Å². The Morgan fingerprint density at radius 2 is 2.08 bits per heavy atom. The van der Waals surface area contributed by atoms with Gasteiger partial charge in [-0.3, -0.25) is 9.89 Å². The largest absolute Gasteiger partial charge is 0.444 e. The van der Waals surface area contributed by atoms with Crippen LogP contribution in [0.2, 0.25) is 0 Å². The van der Waals surface area contributed by atoms with Gasteiger partial charge in [0.05, 0.1) is 11.8 Å². The molecular formula is C18H22N4O3. The van der Waals surface area contributed by atoms with Crippen LogP contribution in [0.15, 0.2) is 30.6 Å². The fraction of sp³-hybridized carbons (Fsp3) is 0.389. The zero-order valence-corrected chi connectivity index (χ0v) is 14.6. The molecule has 3 rings (SSSR count). The highest BCUT2D eigenvalue weighted by molar-refractivity contribution is 6.03. The van der Waals surface area contributed by atoms with Crippen LogP contribution in [0.5, 0.6) is 0 Å². The van der Waals surface area contributed by atoms with Gasteiger partial charge in [0, 0.05) is 25.0 Å². The Morgan fingerprint density at radius 3 is 2.76 bits per heavy atom. The number of H-pyrrole nitrogens is 1. The van der Waals surface area contributed by atoms with Gasteiger partial charge in [-0.05, 0) is 50.5 Å². The van der Waals surface area contributed by atoms with Crippen molar-refractivity contribution < 1.29 is 14.3 Å². The fourth-order valence-corrected chi connectivity index (χ4v) is 2.69. The first-order valence-electron chi connectivity index (χ1n) is 8.22. The maximum atomic E-state index is 12.2. The summed E-state index contributed by atoms with van der Waals surface area (Å²) in [4.78, 5) is 26.0. The Balaban J connectivity index is 1.67. The van der Waals surface area contributed by atoms with Gasteiger partial charge in [0.2, 0.25) is 0 Å². The third kappa shape index (κ3) is 4.17. The van der Waals surface area contributed by atoms with Gasteiger partial charge in [0.25, 0.3) is 5.91 Å². The molecule has 0 saturated heterocycles. The van der Waals surface area contributed by atoms with Crippen LogP contribution >= 0.6 is 0 Å². The lowest BCUT2D eigenvalue weighted by Gasteiger charge is -2.31. The van der Waals surface area contributed by atoms with Crippen molar-refractivity contribution in [1.82, 2.24) is 15.1 Å². The number of amides is 2. The number of ether oxygens (including phenoxy) is 1. The second-order valence-corrected chi connectivity index (χ2v) is 7.08. The Kier molecular flexibility index (Phi) is 4.48. The number of hydrogen-bond acceptors (Lipinski definition) is 4. The molecule has 1 aromatic carbocycles. The van der Waals surface area contributed by atoms with Gasteiger partial charge in [-0.2, -0.15) is 5.10 Å². The minimum atomic E-state index is -0.501. The first-order chi connectivity index (χ1) is 11.8. The summed E-state index contributed by atoms with van der Waals surface area (Å²) in [6.45, 7) is 6.69. The summed E-state index contributed by atoms with van der Waals surface area (Å²) in [7, 11) is 0. The standard InChI is InChI=1S/C18H22N4O3/c1-18(2,3)25-17(24)22-7-6-12-8-15(5-4-13(12)11-22)21-16(23)14-9-19-20-10-14/h4-5,8-10H,6-7,11H2,1-3H3,(H,19,20)(H,21,23). The Bertz CT molecular complexity index is 778. The molecule has 1 aliphatic heterocycles. The fourth-order valence-electron chi connectivity index (χ4n) is 2.69. The first-order valence-corrected chi connectivity index (χ1v) is 8.22. The highest BCUT2D eigenvalue weighted by atomic mass is 16.6.